The molecule has 1 rings (SSSR count). The minimum Gasteiger partial charge on any atom is 0 e. The van der Waals surface area contributed by atoms with Crippen molar-refractivity contribution in [1.82, 2.24) is 0 Å². The molecule has 4 nitrogen and oxygen atoms in total. The van der Waals surface area contributed by atoms with Crippen molar-refractivity contribution in [2.75, 3.05) is 0 Å². The van der Waals surface area contributed by atoms with Crippen LogP contribution in [-0.4, -0.2) is 6.29 Å². The number of benzene rings is 1. The van der Waals surface area contributed by atoms with Crippen LogP contribution < -0.4 is 0 Å². The van der Waals surface area contributed by atoms with Gasteiger partial charge in [0.25, 0.3) is 0 Å². The second-order valence-corrected chi connectivity index (χ2v) is 2.80. The summed E-state index contributed by atoms with van der Waals surface area (Å²) in [6, 6.07) is 7.47. The molecule has 0 unspecified atom stereocenters. The predicted octanol–water partition coefficient (Wildman–Crippen LogP) is 1.99. The van der Waals surface area contributed by atoms with Crippen molar-refractivity contribution in [3.05, 3.63) is 53.4 Å². The van der Waals surface area contributed by atoms with Gasteiger partial charge in [0.05, 0.1) is 0 Å². The first kappa shape index (κ1) is 24.6. The van der Waals surface area contributed by atoms with Crippen LogP contribution in [0.3, 0.4) is 0 Å². The fourth-order valence-electron chi connectivity index (χ4n) is 0.571. The van der Waals surface area contributed by atoms with Crippen LogP contribution in [0.15, 0.2) is 24.3 Å². The van der Waals surface area contributed by atoms with Gasteiger partial charge < -0.3 is 0 Å². The van der Waals surface area contributed by atoms with Gasteiger partial charge in [0.1, 0.15) is 0 Å². The molecule has 0 fully saturated rings. The maximum absolute atomic E-state index is 10.2. The third-order valence-electron chi connectivity index (χ3n) is 1.03. The van der Waals surface area contributed by atoms with Gasteiger partial charge in [-0.05, 0) is 28.7 Å². The number of halogens is 1. The summed E-state index contributed by atoms with van der Waals surface area (Å²) in [6.07, 6.45) is 0.863. The normalized spacial score (nSPS) is 5.44. The zero-order chi connectivity index (χ0) is 12.7. The smallest absolute Gasteiger partial charge is 0 e. The van der Waals surface area contributed by atoms with E-state index in [0.717, 1.165) is 15.4 Å². The summed E-state index contributed by atoms with van der Waals surface area (Å²) in [5.41, 5.74) is 0.762. The van der Waals surface area contributed by atoms with Crippen molar-refractivity contribution in [1.29, 1.82) is 0 Å². The zero-order valence-corrected chi connectivity index (χ0v) is 11.2. The molecule has 82 valence electrons. The van der Waals surface area contributed by atoms with Gasteiger partial charge >= 0.3 is 33.9 Å². The van der Waals surface area contributed by atoms with E-state index in [0.29, 0.717) is 0 Å². The maximum Gasteiger partial charge on any atom is 0 e. The van der Waals surface area contributed by atoms with Gasteiger partial charge in [0.2, 0.25) is 0 Å². The SMILES string of the molecule is O=Cc1ccccc1I.[C-]#[O+].[C-]#[O+].[C-]#[O+].[Cr]. The average Bonchev–Trinajstić information content (AvgIpc) is 2.37. The number of aldehydes is 1. The Balaban J connectivity index is -0.0000000900. The van der Waals surface area contributed by atoms with Crippen molar-refractivity contribution in [3.63, 3.8) is 0 Å². The molecule has 0 radical (unpaired) electrons. The average molecular weight is 368 g/mol. The standard InChI is InChI=1S/C7H5IO.3CO.Cr/c8-7-4-2-1-3-6(7)5-9;3*1-2;/h1-5H;;;;. The van der Waals surface area contributed by atoms with Gasteiger partial charge in [-0.15, -0.1) is 0 Å². The minimum atomic E-state index is 0. The molecule has 0 aliphatic heterocycles. The van der Waals surface area contributed by atoms with Crippen molar-refractivity contribution in [3.8, 4) is 0 Å². The van der Waals surface area contributed by atoms with E-state index in [1.54, 1.807) is 6.07 Å². The summed E-state index contributed by atoms with van der Waals surface area (Å²) < 4.78 is 23.5. The number of carbonyl (C=O) groups is 1. The van der Waals surface area contributed by atoms with Gasteiger partial charge in [0.15, 0.2) is 6.29 Å². The van der Waals surface area contributed by atoms with E-state index in [2.05, 4.69) is 42.5 Å². The third kappa shape index (κ3) is 13.4. The summed E-state index contributed by atoms with van der Waals surface area (Å²) >= 11 is 2.13. The predicted molar refractivity (Wildman–Crippen MR) is 56.3 cm³/mol. The van der Waals surface area contributed by atoms with Gasteiger partial charge in [-0.2, -0.15) is 0 Å². The molecule has 0 aliphatic carbocycles. The van der Waals surface area contributed by atoms with Gasteiger partial charge in [0, 0.05) is 26.5 Å². The van der Waals surface area contributed by atoms with Crippen LogP contribution in [0, 0.1) is 23.5 Å². The fraction of sp³-hybridized carbons (Fsp3) is 0. The van der Waals surface area contributed by atoms with Crippen LogP contribution in [0.4, 0.5) is 0 Å². The molecule has 6 heteroatoms. The molecule has 0 heterocycles. The summed E-state index contributed by atoms with van der Waals surface area (Å²) in [5.74, 6) is 0. The zero-order valence-electron chi connectivity index (χ0n) is 7.81. The van der Waals surface area contributed by atoms with Crippen molar-refractivity contribution < 1.29 is 36.1 Å². The maximum atomic E-state index is 10.2. The molecule has 1 aromatic rings. The Bertz CT molecular complexity index is 319. The number of hydrogen-bond donors (Lipinski definition) is 0. The van der Waals surface area contributed by atoms with E-state index in [1.807, 2.05) is 18.2 Å². The van der Waals surface area contributed by atoms with E-state index >= 15 is 0 Å². The van der Waals surface area contributed by atoms with E-state index in [9.17, 15) is 4.79 Å². The van der Waals surface area contributed by atoms with Crippen molar-refractivity contribution in [2.24, 2.45) is 0 Å². The molecular weight excluding hydrogens is 363 g/mol. The number of rotatable bonds is 1. The quantitative estimate of drug-likeness (QED) is 0.323. The van der Waals surface area contributed by atoms with E-state index in [1.165, 1.54) is 0 Å². The van der Waals surface area contributed by atoms with Crippen LogP contribution in [0.1, 0.15) is 10.4 Å². The third-order valence-corrected chi connectivity index (χ3v) is 2.01. The molecule has 0 spiro atoms. The molecule has 0 aromatic heterocycles. The molecule has 0 amide bonds. The minimum absolute atomic E-state index is 0. The Labute approximate surface area is 118 Å². The second kappa shape index (κ2) is 23.9. The summed E-state index contributed by atoms with van der Waals surface area (Å²) in [7, 11) is 0. The first-order chi connectivity index (χ1) is 7.34. The van der Waals surface area contributed by atoms with E-state index in [-0.39, 0.29) is 17.4 Å². The molecule has 0 aliphatic rings. The van der Waals surface area contributed by atoms with Crippen molar-refractivity contribution in [2.45, 2.75) is 0 Å². The summed E-state index contributed by atoms with van der Waals surface area (Å²) in [4.78, 5) is 10.2. The Kier molecular flexibility index (Phi) is 36.7. The summed E-state index contributed by atoms with van der Waals surface area (Å²) in [6.45, 7) is 13.5. The first-order valence-electron chi connectivity index (χ1n) is 3.15. The topological polar surface area (TPSA) is 76.8 Å². The van der Waals surface area contributed by atoms with E-state index < -0.39 is 0 Å². The molecule has 0 saturated heterocycles. The van der Waals surface area contributed by atoms with E-state index in [4.69, 9.17) is 14.0 Å². The Morgan fingerprint density at radius 1 is 1.00 bits per heavy atom. The Hall–Kier alpha value is -0.628. The van der Waals surface area contributed by atoms with Gasteiger partial charge in [-0.1, -0.05) is 18.2 Å². The largest absolute Gasteiger partial charge is 0 e. The van der Waals surface area contributed by atoms with Crippen LogP contribution in [-0.2, 0) is 31.3 Å². The molecule has 1 aromatic carbocycles. The molecule has 0 saturated carbocycles. The van der Waals surface area contributed by atoms with Gasteiger partial charge in [-0.3, -0.25) is 4.79 Å². The van der Waals surface area contributed by atoms with Crippen LogP contribution in [0.2, 0.25) is 0 Å². The van der Waals surface area contributed by atoms with Crippen LogP contribution >= 0.6 is 22.6 Å². The summed E-state index contributed by atoms with van der Waals surface area (Å²) in [5, 5.41) is 0. The van der Waals surface area contributed by atoms with Gasteiger partial charge in [-0.25, -0.2) is 0 Å². The molecule has 0 bridgehead atoms. The Morgan fingerprint density at radius 2 is 1.38 bits per heavy atom. The van der Waals surface area contributed by atoms with Crippen LogP contribution in [0.25, 0.3) is 0 Å². The Morgan fingerprint density at radius 3 is 1.62 bits per heavy atom. The molecule has 16 heavy (non-hydrogen) atoms. The molecule has 0 atom stereocenters. The first-order valence-corrected chi connectivity index (χ1v) is 4.23. The van der Waals surface area contributed by atoms with Crippen molar-refractivity contribution >= 4 is 28.9 Å². The number of hydrogen-bond acceptors (Lipinski definition) is 1. The monoisotopic (exact) mass is 368 g/mol. The second-order valence-electron chi connectivity index (χ2n) is 1.64. The van der Waals surface area contributed by atoms with Crippen LogP contribution in [0.5, 0.6) is 0 Å². The fourth-order valence-corrected chi connectivity index (χ4v) is 1.09. The molecule has 0 N–H and O–H groups in total. The number of carbonyl (C=O) groups excluding carboxylic acids is 1. The molecular formula is C10H5CrIO4.